The van der Waals surface area contributed by atoms with Gasteiger partial charge in [-0.3, -0.25) is 4.79 Å². The normalized spacial score (nSPS) is 11.0. The first-order chi connectivity index (χ1) is 10.7. The molecule has 0 aliphatic carbocycles. The fourth-order valence-electron chi connectivity index (χ4n) is 1.91. The minimum atomic E-state index is -0.361. The minimum absolute atomic E-state index is 0.359. The highest BCUT2D eigenvalue weighted by atomic mass is 19.1. The summed E-state index contributed by atoms with van der Waals surface area (Å²) in [5.41, 5.74) is 3.14. The number of rotatable bonds is 4. The Hall–Kier alpha value is -3.15. The van der Waals surface area contributed by atoms with Gasteiger partial charge in [0.1, 0.15) is 23.0 Å². The maximum absolute atomic E-state index is 13.6. The first kappa shape index (κ1) is 13.8. The van der Waals surface area contributed by atoms with Crippen molar-refractivity contribution in [1.29, 1.82) is 0 Å². The molecule has 3 rings (SSSR count). The molecule has 2 N–H and O–H groups in total. The number of furan rings is 1. The molecule has 110 valence electrons. The monoisotopic (exact) mass is 297 g/mol. The van der Waals surface area contributed by atoms with E-state index in [0.29, 0.717) is 22.8 Å². The number of aromatic amines is 1. The molecule has 3 aromatic rings. The molecule has 0 aliphatic rings. The molecule has 0 saturated carbocycles. The summed E-state index contributed by atoms with van der Waals surface area (Å²) in [6.07, 6.45) is 3.00. The van der Waals surface area contributed by atoms with Crippen LogP contribution in [-0.2, 0) is 0 Å². The minimum Gasteiger partial charge on any atom is -0.455 e. The van der Waals surface area contributed by atoms with E-state index in [-0.39, 0.29) is 11.7 Å². The number of carbonyl (C=O) groups is 1. The molecule has 0 radical (unpaired) electrons. The zero-order chi connectivity index (χ0) is 15.4. The topological polar surface area (TPSA) is 70.4 Å². The van der Waals surface area contributed by atoms with E-state index in [1.54, 1.807) is 48.7 Å². The van der Waals surface area contributed by atoms with E-state index in [4.69, 9.17) is 4.42 Å². The second kappa shape index (κ2) is 6.09. The van der Waals surface area contributed by atoms with Crippen LogP contribution in [0, 0.1) is 5.82 Å². The number of benzene rings is 1. The molecule has 1 amide bonds. The SMILES string of the molecule is O=C(N/N=C\c1ccc(-c2ccccc2F)o1)c1ccc[nH]1. The van der Waals surface area contributed by atoms with Gasteiger partial charge in [-0.25, -0.2) is 9.82 Å². The van der Waals surface area contributed by atoms with Crippen molar-refractivity contribution in [3.05, 3.63) is 72.0 Å². The van der Waals surface area contributed by atoms with Crippen molar-refractivity contribution in [3.8, 4) is 11.3 Å². The summed E-state index contributed by atoms with van der Waals surface area (Å²) < 4.78 is 19.1. The van der Waals surface area contributed by atoms with Crippen molar-refractivity contribution in [1.82, 2.24) is 10.4 Å². The number of carbonyl (C=O) groups excluding carboxylic acids is 1. The molecule has 0 saturated heterocycles. The van der Waals surface area contributed by atoms with E-state index < -0.39 is 0 Å². The molecule has 0 unspecified atom stereocenters. The molecule has 6 heteroatoms. The van der Waals surface area contributed by atoms with Gasteiger partial charge >= 0.3 is 0 Å². The highest BCUT2D eigenvalue weighted by Gasteiger charge is 2.08. The molecule has 0 aliphatic heterocycles. The summed E-state index contributed by atoms with van der Waals surface area (Å²) in [5.74, 6) is 0.0859. The Labute approximate surface area is 125 Å². The third-order valence-electron chi connectivity index (χ3n) is 2.97. The number of hydrogen-bond acceptors (Lipinski definition) is 3. The second-order valence-electron chi connectivity index (χ2n) is 4.46. The number of H-pyrrole nitrogens is 1. The van der Waals surface area contributed by atoms with Gasteiger partial charge in [-0.05, 0) is 36.4 Å². The zero-order valence-electron chi connectivity index (χ0n) is 11.4. The van der Waals surface area contributed by atoms with Gasteiger partial charge in [0.25, 0.3) is 5.91 Å². The Morgan fingerprint density at radius 1 is 1.18 bits per heavy atom. The number of hydrogen-bond donors (Lipinski definition) is 2. The number of amides is 1. The predicted octanol–water partition coefficient (Wildman–Crippen LogP) is 3.18. The van der Waals surface area contributed by atoms with Crippen LogP contribution in [0.4, 0.5) is 4.39 Å². The van der Waals surface area contributed by atoms with Gasteiger partial charge in [0.05, 0.1) is 11.8 Å². The third-order valence-corrected chi connectivity index (χ3v) is 2.97. The Morgan fingerprint density at radius 3 is 2.82 bits per heavy atom. The van der Waals surface area contributed by atoms with Crippen LogP contribution in [0.2, 0.25) is 0 Å². The number of hydrazone groups is 1. The Bertz CT molecular complexity index is 806. The van der Waals surface area contributed by atoms with Crippen molar-refractivity contribution in [3.63, 3.8) is 0 Å². The summed E-state index contributed by atoms with van der Waals surface area (Å²) in [7, 11) is 0. The Balaban J connectivity index is 1.68. The number of aromatic nitrogens is 1. The Kier molecular flexibility index (Phi) is 3.82. The molecule has 0 atom stereocenters. The van der Waals surface area contributed by atoms with E-state index >= 15 is 0 Å². The summed E-state index contributed by atoms with van der Waals surface area (Å²) >= 11 is 0. The maximum Gasteiger partial charge on any atom is 0.287 e. The first-order valence-corrected chi connectivity index (χ1v) is 6.55. The van der Waals surface area contributed by atoms with Crippen LogP contribution in [0.5, 0.6) is 0 Å². The summed E-state index contributed by atoms with van der Waals surface area (Å²) in [5, 5.41) is 3.79. The predicted molar refractivity (Wildman–Crippen MR) is 80.0 cm³/mol. The van der Waals surface area contributed by atoms with Gasteiger partial charge < -0.3 is 9.40 Å². The van der Waals surface area contributed by atoms with Gasteiger partial charge in [-0.2, -0.15) is 5.10 Å². The third kappa shape index (κ3) is 2.95. The molecular weight excluding hydrogens is 285 g/mol. The van der Waals surface area contributed by atoms with Crippen molar-refractivity contribution >= 4 is 12.1 Å². The average Bonchev–Trinajstić information content (AvgIpc) is 3.19. The van der Waals surface area contributed by atoms with Gasteiger partial charge in [0.2, 0.25) is 0 Å². The van der Waals surface area contributed by atoms with Crippen LogP contribution < -0.4 is 5.43 Å². The van der Waals surface area contributed by atoms with Crippen molar-refractivity contribution in [2.45, 2.75) is 0 Å². The van der Waals surface area contributed by atoms with E-state index in [1.807, 2.05) is 0 Å². The maximum atomic E-state index is 13.6. The van der Waals surface area contributed by atoms with Crippen LogP contribution in [0.1, 0.15) is 16.2 Å². The standard InChI is InChI=1S/C16H12FN3O2/c17-13-5-2-1-4-12(13)15-8-7-11(22-15)10-19-20-16(21)14-6-3-9-18-14/h1-10,18H,(H,20,21)/b19-10-. The van der Waals surface area contributed by atoms with E-state index in [9.17, 15) is 9.18 Å². The molecule has 5 nitrogen and oxygen atoms in total. The van der Waals surface area contributed by atoms with Gasteiger partial charge in [-0.15, -0.1) is 0 Å². The number of nitrogens with one attached hydrogen (secondary N) is 2. The first-order valence-electron chi connectivity index (χ1n) is 6.55. The molecule has 2 aromatic heterocycles. The fraction of sp³-hybridized carbons (Fsp3) is 0. The summed E-state index contributed by atoms with van der Waals surface area (Å²) in [6, 6.07) is 13.0. The molecule has 22 heavy (non-hydrogen) atoms. The van der Waals surface area contributed by atoms with Crippen molar-refractivity contribution < 1.29 is 13.6 Å². The lowest BCUT2D eigenvalue weighted by molar-refractivity contribution is 0.0951. The molecule has 0 fully saturated rings. The quantitative estimate of drug-likeness (QED) is 0.573. The van der Waals surface area contributed by atoms with E-state index in [0.717, 1.165) is 0 Å². The Morgan fingerprint density at radius 2 is 2.05 bits per heavy atom. The summed E-state index contributed by atoms with van der Waals surface area (Å²) in [4.78, 5) is 14.4. The summed E-state index contributed by atoms with van der Waals surface area (Å²) in [6.45, 7) is 0. The van der Waals surface area contributed by atoms with Crippen LogP contribution in [0.25, 0.3) is 11.3 Å². The molecule has 0 bridgehead atoms. The highest BCUT2D eigenvalue weighted by molar-refractivity contribution is 5.93. The average molecular weight is 297 g/mol. The molecule has 0 spiro atoms. The molecule has 1 aromatic carbocycles. The zero-order valence-corrected chi connectivity index (χ0v) is 11.4. The van der Waals surface area contributed by atoms with Gasteiger partial charge in [0.15, 0.2) is 0 Å². The van der Waals surface area contributed by atoms with E-state index in [1.165, 1.54) is 12.3 Å². The van der Waals surface area contributed by atoms with E-state index in [2.05, 4.69) is 15.5 Å². The van der Waals surface area contributed by atoms with Gasteiger partial charge in [0, 0.05) is 6.20 Å². The second-order valence-corrected chi connectivity index (χ2v) is 4.46. The lowest BCUT2D eigenvalue weighted by Crippen LogP contribution is -2.17. The largest absolute Gasteiger partial charge is 0.455 e. The van der Waals surface area contributed by atoms with Crippen LogP contribution in [0.3, 0.4) is 0 Å². The lowest BCUT2D eigenvalue weighted by atomic mass is 10.1. The lowest BCUT2D eigenvalue weighted by Gasteiger charge is -1.98. The number of nitrogens with zero attached hydrogens (tertiary/aromatic N) is 1. The molecule has 2 heterocycles. The van der Waals surface area contributed by atoms with Crippen LogP contribution >= 0.6 is 0 Å². The highest BCUT2D eigenvalue weighted by Crippen LogP contribution is 2.24. The molecular formula is C16H12FN3O2. The van der Waals surface area contributed by atoms with Crippen molar-refractivity contribution in [2.24, 2.45) is 5.10 Å². The smallest absolute Gasteiger partial charge is 0.287 e. The van der Waals surface area contributed by atoms with Gasteiger partial charge in [-0.1, -0.05) is 12.1 Å². The van der Waals surface area contributed by atoms with Crippen LogP contribution in [0.15, 0.2) is 64.2 Å². The van der Waals surface area contributed by atoms with Crippen molar-refractivity contribution in [2.75, 3.05) is 0 Å². The van der Waals surface area contributed by atoms with Crippen LogP contribution in [-0.4, -0.2) is 17.1 Å². The fourth-order valence-corrected chi connectivity index (χ4v) is 1.91. The number of halogens is 1.